The number of benzene rings is 1. The van der Waals surface area contributed by atoms with E-state index in [0.29, 0.717) is 19.4 Å². The molecule has 0 fully saturated rings. The Kier molecular flexibility index (Phi) is 17.1. The first-order chi connectivity index (χ1) is 21.0. The predicted molar refractivity (Wildman–Crippen MR) is 178 cm³/mol. The van der Waals surface area contributed by atoms with Gasteiger partial charge in [-0.05, 0) is 64.1 Å². The van der Waals surface area contributed by atoms with Gasteiger partial charge in [0.15, 0.2) is 0 Å². The summed E-state index contributed by atoms with van der Waals surface area (Å²) in [4.78, 5) is 66.5. The van der Waals surface area contributed by atoms with Crippen LogP contribution in [-0.2, 0) is 30.5 Å². The van der Waals surface area contributed by atoms with E-state index in [2.05, 4.69) is 26.6 Å². The second-order valence-electron chi connectivity index (χ2n) is 13.1. The Hall–Kier alpha value is -3.73. The highest BCUT2D eigenvalue weighted by Gasteiger charge is 2.31. The molecule has 5 N–H and O–H groups in total. The van der Waals surface area contributed by atoms with E-state index < -0.39 is 47.9 Å². The standard InChI is InChI=1S/C34H56N6O5/c1-21(2)18-27(38-33(44)28(19-22(3)4)39-34(45)30(23(5)6)40(9)10)32(43)36-24(7)16-17-29(41)37-25(8)31(42)35-20-26-14-12-11-13-15-26/h11-17,21-25,27-28,30H,18-20H2,1-10H3,(H,35,42)(H,36,43)(H,37,41)(H,38,44)(H,39,45)/b17-16+/t24-,25-,27-,28-,30-/m0/s1. The molecule has 0 bridgehead atoms. The molecule has 0 aliphatic heterocycles. The lowest BCUT2D eigenvalue weighted by molar-refractivity contribution is -0.134. The topological polar surface area (TPSA) is 149 Å². The smallest absolute Gasteiger partial charge is 0.244 e. The van der Waals surface area contributed by atoms with Gasteiger partial charge in [0.05, 0.1) is 6.04 Å². The molecule has 45 heavy (non-hydrogen) atoms. The number of carbonyl (C=O) groups is 5. The average Bonchev–Trinajstić information content (AvgIpc) is 2.93. The van der Waals surface area contributed by atoms with Gasteiger partial charge in [0, 0.05) is 18.7 Å². The summed E-state index contributed by atoms with van der Waals surface area (Å²) in [5, 5.41) is 14.0. The van der Waals surface area contributed by atoms with Crippen LogP contribution in [0, 0.1) is 17.8 Å². The maximum Gasteiger partial charge on any atom is 0.244 e. The van der Waals surface area contributed by atoms with E-state index in [1.807, 2.05) is 90.9 Å². The number of carbonyl (C=O) groups excluding carboxylic acids is 5. The molecule has 0 spiro atoms. The Bertz CT molecular complexity index is 1130. The van der Waals surface area contributed by atoms with Gasteiger partial charge in [0.1, 0.15) is 18.1 Å². The van der Waals surface area contributed by atoms with Gasteiger partial charge in [-0.25, -0.2) is 0 Å². The molecule has 5 amide bonds. The Morgan fingerprint density at radius 2 is 1.20 bits per heavy atom. The molecule has 11 heteroatoms. The van der Waals surface area contributed by atoms with Gasteiger partial charge >= 0.3 is 0 Å². The Morgan fingerprint density at radius 1 is 0.689 bits per heavy atom. The van der Waals surface area contributed by atoms with Crippen LogP contribution in [-0.4, -0.2) is 78.7 Å². The molecular formula is C34H56N6O5. The van der Waals surface area contributed by atoms with Crippen molar-refractivity contribution in [2.24, 2.45) is 17.8 Å². The normalized spacial score (nSPS) is 15.0. The third-order valence-electron chi connectivity index (χ3n) is 7.10. The summed E-state index contributed by atoms with van der Waals surface area (Å²) in [6.07, 6.45) is 3.60. The zero-order valence-corrected chi connectivity index (χ0v) is 28.8. The number of hydrogen-bond donors (Lipinski definition) is 5. The summed E-state index contributed by atoms with van der Waals surface area (Å²) >= 11 is 0. The lowest BCUT2D eigenvalue weighted by Crippen LogP contribution is -2.57. The van der Waals surface area contributed by atoms with Crippen LogP contribution in [0.2, 0.25) is 0 Å². The molecule has 0 aliphatic rings. The molecule has 0 saturated heterocycles. The van der Waals surface area contributed by atoms with Crippen LogP contribution in [0.5, 0.6) is 0 Å². The summed E-state index contributed by atoms with van der Waals surface area (Å²) in [7, 11) is 3.66. The first-order valence-electron chi connectivity index (χ1n) is 15.9. The number of nitrogens with one attached hydrogen (secondary N) is 5. The third kappa shape index (κ3) is 15.2. The minimum absolute atomic E-state index is 0.0406. The van der Waals surface area contributed by atoms with Crippen molar-refractivity contribution in [2.45, 2.75) is 105 Å². The second kappa shape index (κ2) is 19.6. The van der Waals surface area contributed by atoms with Gasteiger partial charge in [0.25, 0.3) is 0 Å². The lowest BCUT2D eigenvalue weighted by atomic mass is 9.98. The predicted octanol–water partition coefficient (Wildman–Crippen LogP) is 2.52. The first-order valence-corrected chi connectivity index (χ1v) is 15.9. The Labute approximate surface area is 269 Å². The van der Waals surface area contributed by atoms with Gasteiger partial charge in [-0.2, -0.15) is 0 Å². The summed E-state index contributed by atoms with van der Waals surface area (Å²) < 4.78 is 0. The van der Waals surface area contributed by atoms with Crippen molar-refractivity contribution < 1.29 is 24.0 Å². The fourth-order valence-electron chi connectivity index (χ4n) is 4.94. The summed E-state index contributed by atoms with van der Waals surface area (Å²) in [5.74, 6) is -1.57. The molecule has 1 aromatic carbocycles. The maximum absolute atomic E-state index is 13.4. The van der Waals surface area contributed by atoms with E-state index in [9.17, 15) is 24.0 Å². The van der Waals surface area contributed by atoms with Crippen LogP contribution in [0.1, 0.15) is 73.8 Å². The molecule has 11 nitrogen and oxygen atoms in total. The van der Waals surface area contributed by atoms with Crippen molar-refractivity contribution in [1.82, 2.24) is 31.5 Å². The van der Waals surface area contributed by atoms with Crippen LogP contribution in [0.25, 0.3) is 0 Å². The van der Waals surface area contributed by atoms with Crippen molar-refractivity contribution in [3.05, 3.63) is 48.0 Å². The second-order valence-corrected chi connectivity index (χ2v) is 13.1. The SMILES string of the molecule is CC(C)C[C@H](NC(=O)[C@H](CC(C)C)NC(=O)[C@H](C(C)C)N(C)C)C(=O)N[C@@H](C)/C=C/C(=O)N[C@@H](C)C(=O)NCc1ccccc1. The highest BCUT2D eigenvalue weighted by molar-refractivity contribution is 5.94. The number of amides is 5. The molecule has 0 aromatic heterocycles. The third-order valence-corrected chi connectivity index (χ3v) is 7.10. The molecule has 1 rings (SSSR count). The molecule has 252 valence electrons. The molecular weight excluding hydrogens is 572 g/mol. The van der Waals surface area contributed by atoms with Gasteiger partial charge in [-0.3, -0.25) is 28.9 Å². The molecule has 1 aromatic rings. The van der Waals surface area contributed by atoms with E-state index in [0.717, 1.165) is 5.56 Å². The van der Waals surface area contributed by atoms with Crippen molar-refractivity contribution in [3.8, 4) is 0 Å². The first kappa shape index (κ1) is 39.3. The fourth-order valence-corrected chi connectivity index (χ4v) is 4.94. The quantitative estimate of drug-likeness (QED) is 0.158. The maximum atomic E-state index is 13.4. The molecule has 5 atom stereocenters. The van der Waals surface area contributed by atoms with Crippen molar-refractivity contribution in [3.63, 3.8) is 0 Å². The molecule has 0 aliphatic carbocycles. The van der Waals surface area contributed by atoms with Crippen molar-refractivity contribution in [1.29, 1.82) is 0 Å². The highest BCUT2D eigenvalue weighted by Crippen LogP contribution is 2.12. The number of nitrogens with zero attached hydrogens (tertiary/aromatic N) is 1. The summed E-state index contributed by atoms with van der Waals surface area (Å²) in [6.45, 7) is 15.4. The van der Waals surface area contributed by atoms with Gasteiger partial charge in [-0.1, -0.05) is 78.0 Å². The van der Waals surface area contributed by atoms with E-state index in [1.165, 1.54) is 12.2 Å². The minimum atomic E-state index is -0.836. The van der Waals surface area contributed by atoms with E-state index in [4.69, 9.17) is 0 Å². The largest absolute Gasteiger partial charge is 0.350 e. The summed E-state index contributed by atoms with van der Waals surface area (Å²) in [5.41, 5.74) is 0.949. The van der Waals surface area contributed by atoms with Crippen LogP contribution in [0.3, 0.4) is 0 Å². The van der Waals surface area contributed by atoms with Crippen LogP contribution in [0.15, 0.2) is 42.5 Å². The molecule has 0 radical (unpaired) electrons. The van der Waals surface area contributed by atoms with Crippen molar-refractivity contribution >= 4 is 29.5 Å². The zero-order valence-electron chi connectivity index (χ0n) is 28.8. The van der Waals surface area contributed by atoms with Gasteiger partial charge < -0.3 is 26.6 Å². The number of likely N-dealkylation sites (N-methyl/N-ethyl adjacent to an activating group) is 1. The average molecular weight is 629 g/mol. The Morgan fingerprint density at radius 3 is 1.69 bits per heavy atom. The van der Waals surface area contributed by atoms with Crippen molar-refractivity contribution in [2.75, 3.05) is 14.1 Å². The van der Waals surface area contributed by atoms with Crippen LogP contribution < -0.4 is 26.6 Å². The molecule has 0 heterocycles. The lowest BCUT2D eigenvalue weighted by Gasteiger charge is -2.30. The minimum Gasteiger partial charge on any atom is -0.350 e. The number of hydrogen-bond acceptors (Lipinski definition) is 6. The van der Waals surface area contributed by atoms with Gasteiger partial charge in [-0.15, -0.1) is 0 Å². The van der Waals surface area contributed by atoms with E-state index in [-0.39, 0.29) is 29.6 Å². The Balaban J connectivity index is 2.81. The van der Waals surface area contributed by atoms with Gasteiger partial charge in [0.2, 0.25) is 29.5 Å². The monoisotopic (exact) mass is 628 g/mol. The highest BCUT2D eigenvalue weighted by atomic mass is 16.2. The van der Waals surface area contributed by atoms with E-state index in [1.54, 1.807) is 13.8 Å². The molecule has 0 saturated carbocycles. The van der Waals surface area contributed by atoms with E-state index >= 15 is 0 Å². The number of rotatable bonds is 18. The fraction of sp³-hybridized carbons (Fsp3) is 0.618. The van der Waals surface area contributed by atoms with Crippen LogP contribution in [0.4, 0.5) is 0 Å². The zero-order chi connectivity index (χ0) is 34.3. The van der Waals surface area contributed by atoms with Crippen LogP contribution >= 0.6 is 0 Å². The summed E-state index contributed by atoms with van der Waals surface area (Å²) in [6, 6.07) is 6.13. The molecule has 0 unspecified atom stereocenters.